The van der Waals surface area contributed by atoms with Gasteiger partial charge in [0.2, 0.25) is 0 Å². The van der Waals surface area contributed by atoms with Gasteiger partial charge in [0.25, 0.3) is 0 Å². The topological polar surface area (TPSA) is 54.3 Å². The maximum absolute atomic E-state index is 10.9. The Kier molecular flexibility index (Phi) is 4.22. The van der Waals surface area contributed by atoms with E-state index >= 15 is 0 Å². The Morgan fingerprint density at radius 2 is 2.16 bits per heavy atom. The molecule has 0 aliphatic heterocycles. The van der Waals surface area contributed by atoms with Gasteiger partial charge in [0.1, 0.15) is 0 Å². The molecule has 1 heterocycles. The van der Waals surface area contributed by atoms with E-state index in [0.29, 0.717) is 19.5 Å². The number of nitrogens with one attached hydrogen (secondary N) is 1. The summed E-state index contributed by atoms with van der Waals surface area (Å²) in [6, 6.07) is 8.24. The van der Waals surface area contributed by atoms with E-state index in [1.807, 2.05) is 26.1 Å². The quantitative estimate of drug-likeness (QED) is 0.838. The molecular weight excluding hydrogens is 240 g/mol. The zero-order valence-corrected chi connectivity index (χ0v) is 11.4. The number of aryl methyl sites for hydroxylation is 1. The number of hydrogen-bond donors (Lipinski definition) is 2. The molecule has 0 saturated heterocycles. The number of aromatic nitrogens is 1. The van der Waals surface area contributed by atoms with Gasteiger partial charge in [0, 0.05) is 37.2 Å². The highest BCUT2D eigenvalue weighted by molar-refractivity contribution is 5.83. The van der Waals surface area contributed by atoms with Crippen molar-refractivity contribution in [1.82, 2.24) is 9.88 Å². The summed E-state index contributed by atoms with van der Waals surface area (Å²) >= 11 is 0. The van der Waals surface area contributed by atoms with Crippen molar-refractivity contribution in [1.29, 1.82) is 0 Å². The summed E-state index contributed by atoms with van der Waals surface area (Å²) in [5, 5.41) is 13.5. The third-order valence-electron chi connectivity index (χ3n) is 3.53. The molecular formula is C15H20N2O2. The first-order chi connectivity index (χ1) is 9.13. The van der Waals surface area contributed by atoms with Gasteiger partial charge in [-0.25, -0.2) is 0 Å². The van der Waals surface area contributed by atoms with Gasteiger partial charge in [-0.2, -0.15) is 0 Å². The SMILES string of the molecule is CCC(CNCc1cn(C)c2ccccc12)C(=O)O. The smallest absolute Gasteiger partial charge is 0.307 e. The molecule has 0 radical (unpaired) electrons. The molecule has 0 amide bonds. The Balaban J connectivity index is 2.04. The minimum atomic E-state index is -0.729. The van der Waals surface area contributed by atoms with Crippen LogP contribution in [0.5, 0.6) is 0 Å². The Labute approximate surface area is 113 Å². The Hall–Kier alpha value is -1.81. The van der Waals surface area contributed by atoms with Gasteiger partial charge in [-0.15, -0.1) is 0 Å². The fourth-order valence-corrected chi connectivity index (χ4v) is 2.35. The summed E-state index contributed by atoms with van der Waals surface area (Å²) < 4.78 is 2.10. The zero-order chi connectivity index (χ0) is 13.8. The minimum Gasteiger partial charge on any atom is -0.481 e. The highest BCUT2D eigenvalue weighted by atomic mass is 16.4. The Bertz CT molecular complexity index is 575. The number of fused-ring (bicyclic) bond motifs is 1. The molecule has 1 aromatic heterocycles. The van der Waals surface area contributed by atoms with Crippen LogP contribution in [0.2, 0.25) is 0 Å². The van der Waals surface area contributed by atoms with Crippen LogP contribution in [0.1, 0.15) is 18.9 Å². The molecule has 102 valence electrons. The van der Waals surface area contributed by atoms with Crippen LogP contribution in [0.25, 0.3) is 10.9 Å². The molecule has 4 nitrogen and oxygen atoms in total. The number of carbonyl (C=O) groups is 1. The molecule has 2 aromatic rings. The molecule has 19 heavy (non-hydrogen) atoms. The Morgan fingerprint density at radius 3 is 2.84 bits per heavy atom. The van der Waals surface area contributed by atoms with Crippen LogP contribution in [-0.4, -0.2) is 22.2 Å². The first kappa shape index (κ1) is 13.6. The number of para-hydroxylation sites is 1. The summed E-state index contributed by atoms with van der Waals surface area (Å²) in [4.78, 5) is 10.9. The van der Waals surface area contributed by atoms with Crippen molar-refractivity contribution in [2.24, 2.45) is 13.0 Å². The van der Waals surface area contributed by atoms with Crippen molar-refractivity contribution in [3.63, 3.8) is 0 Å². The molecule has 1 atom stereocenters. The molecule has 0 aliphatic carbocycles. The van der Waals surface area contributed by atoms with Gasteiger partial charge in [-0.1, -0.05) is 25.1 Å². The molecule has 0 fully saturated rings. The summed E-state index contributed by atoms with van der Waals surface area (Å²) in [7, 11) is 2.03. The van der Waals surface area contributed by atoms with Crippen LogP contribution in [0, 0.1) is 5.92 Å². The molecule has 1 aromatic carbocycles. The number of benzene rings is 1. The van der Waals surface area contributed by atoms with Crippen molar-refractivity contribution in [2.75, 3.05) is 6.54 Å². The van der Waals surface area contributed by atoms with E-state index in [9.17, 15) is 4.79 Å². The van der Waals surface area contributed by atoms with Crippen LogP contribution in [-0.2, 0) is 18.4 Å². The van der Waals surface area contributed by atoms with Crippen LogP contribution >= 0.6 is 0 Å². The van der Waals surface area contributed by atoms with Gasteiger partial charge < -0.3 is 15.0 Å². The molecule has 0 aliphatic rings. The monoisotopic (exact) mass is 260 g/mol. The number of carboxylic acids is 1. The second kappa shape index (κ2) is 5.89. The lowest BCUT2D eigenvalue weighted by Crippen LogP contribution is -2.27. The lowest BCUT2D eigenvalue weighted by Gasteiger charge is -2.10. The van der Waals surface area contributed by atoms with Crippen molar-refractivity contribution in [2.45, 2.75) is 19.9 Å². The second-order valence-corrected chi connectivity index (χ2v) is 4.86. The van der Waals surface area contributed by atoms with Crippen molar-refractivity contribution in [3.8, 4) is 0 Å². The number of hydrogen-bond acceptors (Lipinski definition) is 2. The third kappa shape index (κ3) is 2.96. The third-order valence-corrected chi connectivity index (χ3v) is 3.53. The molecule has 0 saturated carbocycles. The molecule has 1 unspecified atom stereocenters. The normalized spacial score (nSPS) is 12.7. The summed E-state index contributed by atoms with van der Waals surface area (Å²) in [6.45, 7) is 3.11. The fraction of sp³-hybridized carbons (Fsp3) is 0.400. The van der Waals surface area contributed by atoms with Gasteiger partial charge in [-0.3, -0.25) is 4.79 Å². The highest BCUT2D eigenvalue weighted by Crippen LogP contribution is 2.20. The molecule has 2 N–H and O–H groups in total. The predicted molar refractivity (Wildman–Crippen MR) is 76.0 cm³/mol. The van der Waals surface area contributed by atoms with Gasteiger partial charge in [0.15, 0.2) is 0 Å². The first-order valence-electron chi connectivity index (χ1n) is 6.60. The second-order valence-electron chi connectivity index (χ2n) is 4.86. The molecule has 4 heteroatoms. The maximum Gasteiger partial charge on any atom is 0.307 e. The maximum atomic E-state index is 10.9. The van der Waals surface area contributed by atoms with E-state index in [0.717, 1.165) is 0 Å². The van der Waals surface area contributed by atoms with Crippen molar-refractivity contribution < 1.29 is 9.90 Å². The van der Waals surface area contributed by atoms with E-state index in [4.69, 9.17) is 5.11 Å². The van der Waals surface area contributed by atoms with E-state index < -0.39 is 5.97 Å². The number of nitrogens with zero attached hydrogens (tertiary/aromatic N) is 1. The Morgan fingerprint density at radius 1 is 1.42 bits per heavy atom. The molecule has 0 spiro atoms. The molecule has 2 rings (SSSR count). The fourth-order valence-electron chi connectivity index (χ4n) is 2.35. The number of aliphatic carboxylic acids is 1. The number of carboxylic acid groups (broad SMARTS) is 1. The van der Waals surface area contributed by atoms with Gasteiger partial charge in [0.05, 0.1) is 5.92 Å². The van der Waals surface area contributed by atoms with Gasteiger partial charge >= 0.3 is 5.97 Å². The summed E-state index contributed by atoms with van der Waals surface area (Å²) in [5.74, 6) is -1.04. The summed E-state index contributed by atoms with van der Waals surface area (Å²) in [6.07, 6.45) is 2.75. The van der Waals surface area contributed by atoms with Crippen molar-refractivity contribution in [3.05, 3.63) is 36.0 Å². The van der Waals surface area contributed by atoms with Crippen LogP contribution in [0.3, 0.4) is 0 Å². The van der Waals surface area contributed by atoms with E-state index in [1.165, 1.54) is 16.5 Å². The van der Waals surface area contributed by atoms with Crippen LogP contribution in [0.4, 0.5) is 0 Å². The minimum absolute atomic E-state index is 0.310. The highest BCUT2D eigenvalue weighted by Gasteiger charge is 2.14. The lowest BCUT2D eigenvalue weighted by atomic mass is 10.1. The zero-order valence-electron chi connectivity index (χ0n) is 11.4. The average molecular weight is 260 g/mol. The van der Waals surface area contributed by atoms with E-state index in [1.54, 1.807) is 0 Å². The van der Waals surface area contributed by atoms with E-state index in [2.05, 4.69) is 28.2 Å². The van der Waals surface area contributed by atoms with E-state index in [-0.39, 0.29) is 5.92 Å². The lowest BCUT2D eigenvalue weighted by molar-refractivity contribution is -0.141. The standard InChI is InChI=1S/C15H20N2O2/c1-3-11(15(18)19)8-16-9-12-10-17(2)14-7-5-4-6-13(12)14/h4-7,10-11,16H,3,8-9H2,1-2H3,(H,18,19). The van der Waals surface area contributed by atoms with Gasteiger partial charge in [-0.05, 0) is 18.1 Å². The van der Waals surface area contributed by atoms with Crippen LogP contribution in [0.15, 0.2) is 30.5 Å². The van der Waals surface area contributed by atoms with Crippen molar-refractivity contribution >= 4 is 16.9 Å². The first-order valence-corrected chi connectivity index (χ1v) is 6.60. The predicted octanol–water partition coefficient (Wildman–Crippen LogP) is 2.38. The van der Waals surface area contributed by atoms with Crippen LogP contribution < -0.4 is 5.32 Å². The average Bonchev–Trinajstić information content (AvgIpc) is 2.72. The summed E-state index contributed by atoms with van der Waals surface area (Å²) in [5.41, 5.74) is 2.41. The largest absolute Gasteiger partial charge is 0.481 e. The number of rotatable bonds is 6. The molecule has 0 bridgehead atoms.